The van der Waals surface area contributed by atoms with Crippen LogP contribution in [0.2, 0.25) is 5.02 Å². The van der Waals surface area contributed by atoms with Gasteiger partial charge in [0.05, 0.1) is 25.5 Å². The number of carboxylic acids is 1. The smallest absolute Gasteiger partial charge is 0.307 e. The van der Waals surface area contributed by atoms with Crippen LogP contribution >= 0.6 is 23.4 Å². The van der Waals surface area contributed by atoms with Crippen molar-refractivity contribution in [1.29, 1.82) is 0 Å². The molecule has 0 amide bonds. The number of benzene rings is 1. The fourth-order valence-electron chi connectivity index (χ4n) is 2.75. The highest BCUT2D eigenvalue weighted by Crippen LogP contribution is 2.25. The minimum Gasteiger partial charge on any atom is -0.481 e. The van der Waals surface area contributed by atoms with Crippen molar-refractivity contribution in [2.75, 3.05) is 12.4 Å². The Morgan fingerprint density at radius 3 is 2.71 bits per heavy atom. The van der Waals surface area contributed by atoms with Gasteiger partial charge in [0.1, 0.15) is 0 Å². The minimum absolute atomic E-state index is 0.169. The number of carbonyl (C=O) groups is 2. The van der Waals surface area contributed by atoms with Gasteiger partial charge in [-0.1, -0.05) is 48.5 Å². The molecule has 152 valence electrons. The Hall–Kier alpha value is -1.99. The summed E-state index contributed by atoms with van der Waals surface area (Å²) in [6, 6.07) is 7.55. The van der Waals surface area contributed by atoms with Crippen LogP contribution in [-0.4, -0.2) is 39.0 Å². The summed E-state index contributed by atoms with van der Waals surface area (Å²) in [7, 11) is 0. The highest BCUT2D eigenvalue weighted by Gasteiger charge is 2.25. The van der Waals surface area contributed by atoms with Crippen LogP contribution in [0.15, 0.2) is 35.6 Å². The van der Waals surface area contributed by atoms with Crippen molar-refractivity contribution in [3.63, 3.8) is 0 Å². The van der Waals surface area contributed by atoms with E-state index >= 15 is 0 Å². The fraction of sp³-hybridized carbons (Fsp3) is 0.450. The molecular weight excluding hydrogens is 400 g/mol. The lowest BCUT2D eigenvalue weighted by Gasteiger charge is -2.16. The molecule has 1 atom stereocenters. The number of hydrogen-bond acceptors (Lipinski definition) is 5. The van der Waals surface area contributed by atoms with E-state index in [9.17, 15) is 14.7 Å². The zero-order valence-electron chi connectivity index (χ0n) is 16.1. The van der Waals surface area contributed by atoms with E-state index in [1.165, 1.54) is 0 Å². The molecule has 1 unspecified atom stereocenters. The molecule has 0 saturated heterocycles. The van der Waals surface area contributed by atoms with E-state index in [1.807, 2.05) is 28.8 Å². The first kappa shape index (κ1) is 22.3. The maximum Gasteiger partial charge on any atom is 0.307 e. The van der Waals surface area contributed by atoms with Crippen LogP contribution in [0.5, 0.6) is 0 Å². The van der Waals surface area contributed by atoms with Crippen molar-refractivity contribution in [2.24, 2.45) is 5.92 Å². The number of aromatic nitrogens is 2. The zero-order valence-corrected chi connectivity index (χ0v) is 17.6. The Morgan fingerprint density at radius 2 is 2.07 bits per heavy atom. The topological polar surface area (TPSA) is 81.4 Å². The summed E-state index contributed by atoms with van der Waals surface area (Å²) < 4.78 is 6.90. The average Bonchev–Trinajstić information content (AvgIpc) is 3.03. The molecule has 0 aliphatic rings. The maximum absolute atomic E-state index is 11.8. The second-order valence-electron chi connectivity index (χ2n) is 6.31. The summed E-state index contributed by atoms with van der Waals surface area (Å²) in [4.78, 5) is 27.9. The lowest BCUT2D eigenvalue weighted by atomic mass is 10.00. The summed E-state index contributed by atoms with van der Waals surface area (Å²) in [5.41, 5.74) is 1.69. The third kappa shape index (κ3) is 6.27. The number of carbonyl (C=O) groups excluding carboxylic acids is 1. The van der Waals surface area contributed by atoms with Gasteiger partial charge in [0, 0.05) is 29.1 Å². The molecule has 0 radical (unpaired) electrons. The Balaban J connectivity index is 2.29. The van der Waals surface area contributed by atoms with E-state index in [1.54, 1.807) is 24.9 Å². The van der Waals surface area contributed by atoms with Crippen molar-refractivity contribution in [1.82, 2.24) is 9.55 Å². The molecular formula is C20H25ClN2O4S. The molecule has 1 aromatic heterocycles. The van der Waals surface area contributed by atoms with Gasteiger partial charge in [0.2, 0.25) is 0 Å². The Bertz CT molecular complexity index is 809. The second-order valence-corrected chi connectivity index (χ2v) is 7.78. The summed E-state index contributed by atoms with van der Waals surface area (Å²) in [5.74, 6) is -1.50. The molecule has 0 bridgehead atoms. The zero-order chi connectivity index (χ0) is 20.5. The first-order valence-corrected chi connectivity index (χ1v) is 10.6. The van der Waals surface area contributed by atoms with Crippen LogP contribution in [-0.2, 0) is 27.3 Å². The quantitative estimate of drug-likeness (QED) is 0.428. The summed E-state index contributed by atoms with van der Waals surface area (Å²) in [6.07, 6.45) is 2.71. The average molecular weight is 425 g/mol. The number of nitrogens with zero attached hydrogens (tertiary/aromatic N) is 2. The highest BCUT2D eigenvalue weighted by molar-refractivity contribution is 7.99. The standard InChI is InChI=1S/C20H25ClN2O4S/c1-3-9-28-20-22-12-16(10-15(19(25)26)11-18(24)27-4-2)23(20)13-14-7-5-6-8-17(14)21/h5-8,12,15H,3-4,9-11,13H2,1-2H3,(H,25,26). The number of carboxylic acid groups (broad SMARTS) is 1. The van der Waals surface area contributed by atoms with Crippen molar-refractivity contribution in [3.8, 4) is 0 Å². The monoisotopic (exact) mass is 424 g/mol. The molecule has 0 fully saturated rings. The van der Waals surface area contributed by atoms with E-state index in [0.717, 1.165) is 28.6 Å². The first-order valence-electron chi connectivity index (χ1n) is 9.25. The number of imidazole rings is 1. The van der Waals surface area contributed by atoms with Gasteiger partial charge in [-0.3, -0.25) is 9.59 Å². The van der Waals surface area contributed by atoms with Gasteiger partial charge >= 0.3 is 11.9 Å². The largest absolute Gasteiger partial charge is 0.481 e. The third-order valence-corrected chi connectivity index (χ3v) is 5.71. The number of esters is 1. The lowest BCUT2D eigenvalue weighted by Crippen LogP contribution is -2.23. The fourth-order valence-corrected chi connectivity index (χ4v) is 3.80. The maximum atomic E-state index is 11.8. The summed E-state index contributed by atoms with van der Waals surface area (Å²) >= 11 is 7.93. The number of thioether (sulfide) groups is 1. The number of halogens is 1. The Kier molecular flexibility index (Phi) is 8.86. The summed E-state index contributed by atoms with van der Waals surface area (Å²) in [5, 5.41) is 11.0. The molecule has 0 spiro atoms. The van der Waals surface area contributed by atoms with Gasteiger partial charge in [0.15, 0.2) is 5.16 Å². The third-order valence-electron chi connectivity index (χ3n) is 4.15. The van der Waals surface area contributed by atoms with Gasteiger partial charge in [-0.05, 0) is 25.0 Å². The predicted octanol–water partition coefficient (Wildman–Crippen LogP) is 4.28. The van der Waals surface area contributed by atoms with E-state index in [4.69, 9.17) is 16.3 Å². The molecule has 1 N–H and O–H groups in total. The van der Waals surface area contributed by atoms with Gasteiger partial charge in [-0.15, -0.1) is 0 Å². The molecule has 1 heterocycles. The number of hydrogen-bond donors (Lipinski definition) is 1. The van der Waals surface area contributed by atoms with Crippen LogP contribution in [0.3, 0.4) is 0 Å². The Labute approximate surface area is 174 Å². The normalized spacial score (nSPS) is 12.0. The van der Waals surface area contributed by atoms with Gasteiger partial charge in [-0.25, -0.2) is 4.98 Å². The van der Waals surface area contributed by atoms with Crippen molar-refractivity contribution in [3.05, 3.63) is 46.7 Å². The van der Waals surface area contributed by atoms with Gasteiger partial charge < -0.3 is 14.4 Å². The van der Waals surface area contributed by atoms with Crippen molar-refractivity contribution < 1.29 is 19.4 Å². The molecule has 6 nitrogen and oxygen atoms in total. The first-order chi connectivity index (χ1) is 13.5. The lowest BCUT2D eigenvalue weighted by molar-refractivity contribution is -0.151. The highest BCUT2D eigenvalue weighted by atomic mass is 35.5. The SMILES string of the molecule is CCCSc1ncc(CC(CC(=O)OCC)C(=O)O)n1Cc1ccccc1Cl. The van der Waals surface area contributed by atoms with Crippen LogP contribution in [0.1, 0.15) is 37.9 Å². The number of aliphatic carboxylic acids is 1. The van der Waals surface area contributed by atoms with E-state index in [-0.39, 0.29) is 19.4 Å². The van der Waals surface area contributed by atoms with E-state index in [0.29, 0.717) is 11.6 Å². The van der Waals surface area contributed by atoms with Gasteiger partial charge in [0.25, 0.3) is 0 Å². The number of ether oxygens (including phenoxy) is 1. The molecule has 2 rings (SSSR count). The van der Waals surface area contributed by atoms with Gasteiger partial charge in [-0.2, -0.15) is 0 Å². The summed E-state index contributed by atoms with van der Waals surface area (Å²) in [6.45, 7) is 4.51. The van der Waals surface area contributed by atoms with Crippen LogP contribution in [0.25, 0.3) is 0 Å². The molecule has 28 heavy (non-hydrogen) atoms. The molecule has 0 saturated carbocycles. The molecule has 2 aromatic rings. The molecule has 8 heteroatoms. The molecule has 0 aliphatic heterocycles. The van der Waals surface area contributed by atoms with E-state index in [2.05, 4.69) is 11.9 Å². The number of rotatable bonds is 11. The Morgan fingerprint density at radius 1 is 1.32 bits per heavy atom. The van der Waals surface area contributed by atoms with E-state index < -0.39 is 17.9 Å². The van der Waals surface area contributed by atoms with Crippen LogP contribution in [0.4, 0.5) is 0 Å². The molecule has 1 aromatic carbocycles. The van der Waals surface area contributed by atoms with Crippen LogP contribution in [0, 0.1) is 5.92 Å². The van der Waals surface area contributed by atoms with Crippen molar-refractivity contribution >= 4 is 35.3 Å². The minimum atomic E-state index is -1.03. The van der Waals surface area contributed by atoms with Crippen molar-refractivity contribution in [2.45, 2.75) is 44.8 Å². The predicted molar refractivity (Wildman–Crippen MR) is 110 cm³/mol. The van der Waals surface area contributed by atoms with Crippen LogP contribution < -0.4 is 0 Å². The second kappa shape index (κ2) is 11.1. The molecule has 0 aliphatic carbocycles.